The van der Waals surface area contributed by atoms with Crippen LogP contribution in [-0.4, -0.2) is 6.29 Å². The third kappa shape index (κ3) is 1.06. The van der Waals surface area contributed by atoms with Gasteiger partial charge in [0.15, 0.2) is 0 Å². The summed E-state index contributed by atoms with van der Waals surface area (Å²) in [4.78, 5) is 10.6. The van der Waals surface area contributed by atoms with E-state index in [9.17, 15) is 4.79 Å². The number of aldehydes is 1. The molecule has 12 heavy (non-hydrogen) atoms. The molecule has 1 nitrogen and oxygen atoms in total. The second-order valence-corrected chi connectivity index (χ2v) is 3.51. The molecule has 0 radical (unpaired) electrons. The third-order valence-electron chi connectivity index (χ3n) is 2.79. The van der Waals surface area contributed by atoms with E-state index in [1.807, 2.05) is 18.2 Å². The zero-order valence-electron chi connectivity index (χ0n) is 7.10. The normalized spacial score (nSPS) is 32.9. The Labute approximate surface area is 72.4 Å². The monoisotopic (exact) mass is 160 g/mol. The van der Waals surface area contributed by atoms with Gasteiger partial charge in [0.1, 0.15) is 6.29 Å². The maximum absolute atomic E-state index is 10.6. The van der Waals surface area contributed by atoms with Gasteiger partial charge in [0.2, 0.25) is 0 Å². The second kappa shape index (κ2) is 2.74. The first-order valence-corrected chi connectivity index (χ1v) is 4.35. The fourth-order valence-electron chi connectivity index (χ4n) is 1.90. The van der Waals surface area contributed by atoms with E-state index in [2.05, 4.69) is 19.1 Å². The van der Waals surface area contributed by atoms with Crippen LogP contribution in [0.1, 0.15) is 18.4 Å². The first-order valence-electron chi connectivity index (χ1n) is 4.35. The van der Waals surface area contributed by atoms with Crippen LogP contribution in [0.2, 0.25) is 0 Å². The maximum atomic E-state index is 10.6. The summed E-state index contributed by atoms with van der Waals surface area (Å²) in [7, 11) is 0. The van der Waals surface area contributed by atoms with Crippen LogP contribution >= 0.6 is 0 Å². The molecular formula is C11H12O. The Morgan fingerprint density at radius 1 is 1.25 bits per heavy atom. The number of hydrogen-bond acceptors (Lipinski definition) is 1. The van der Waals surface area contributed by atoms with E-state index in [1.165, 1.54) is 5.56 Å². The molecule has 3 atom stereocenters. The predicted octanol–water partition coefficient (Wildman–Crippen LogP) is 2.24. The number of rotatable bonds is 2. The van der Waals surface area contributed by atoms with Gasteiger partial charge in [0.25, 0.3) is 0 Å². The van der Waals surface area contributed by atoms with E-state index in [1.54, 1.807) is 0 Å². The lowest BCUT2D eigenvalue weighted by Gasteiger charge is -1.95. The van der Waals surface area contributed by atoms with Crippen molar-refractivity contribution in [2.75, 3.05) is 0 Å². The molecule has 2 rings (SSSR count). The number of carbonyl (C=O) groups excluding carboxylic acids is 1. The van der Waals surface area contributed by atoms with Crippen molar-refractivity contribution in [3.05, 3.63) is 35.9 Å². The van der Waals surface area contributed by atoms with Crippen LogP contribution in [0.25, 0.3) is 0 Å². The van der Waals surface area contributed by atoms with Crippen LogP contribution in [0.4, 0.5) is 0 Å². The summed E-state index contributed by atoms with van der Waals surface area (Å²) in [6.07, 6.45) is 1.09. The van der Waals surface area contributed by atoms with E-state index < -0.39 is 0 Å². The lowest BCUT2D eigenvalue weighted by molar-refractivity contribution is -0.109. The van der Waals surface area contributed by atoms with Gasteiger partial charge in [-0.2, -0.15) is 0 Å². The van der Waals surface area contributed by atoms with Gasteiger partial charge in [-0.05, 0) is 17.4 Å². The summed E-state index contributed by atoms with van der Waals surface area (Å²) in [5.41, 5.74) is 1.31. The molecule has 1 aromatic rings. The van der Waals surface area contributed by atoms with Gasteiger partial charge in [-0.25, -0.2) is 0 Å². The van der Waals surface area contributed by atoms with Crippen molar-refractivity contribution in [1.29, 1.82) is 0 Å². The summed E-state index contributed by atoms with van der Waals surface area (Å²) < 4.78 is 0. The predicted molar refractivity (Wildman–Crippen MR) is 47.9 cm³/mol. The van der Waals surface area contributed by atoms with Gasteiger partial charge in [-0.15, -0.1) is 0 Å². The summed E-state index contributed by atoms with van der Waals surface area (Å²) in [5.74, 6) is 1.31. The molecule has 0 N–H and O–H groups in total. The Morgan fingerprint density at radius 3 is 2.42 bits per heavy atom. The average Bonchev–Trinajstić information content (AvgIpc) is 2.78. The Kier molecular flexibility index (Phi) is 1.72. The Balaban J connectivity index is 2.19. The molecule has 0 aromatic heterocycles. The minimum Gasteiger partial charge on any atom is -0.303 e. The highest BCUT2D eigenvalue weighted by Gasteiger charge is 2.47. The fourth-order valence-corrected chi connectivity index (χ4v) is 1.90. The SMILES string of the molecule is C[C@@H]1[C@@H](C=O)[C@H]1c1ccccc1. The van der Waals surface area contributed by atoms with Gasteiger partial charge in [-0.3, -0.25) is 0 Å². The molecule has 0 amide bonds. The molecule has 1 aromatic carbocycles. The second-order valence-electron chi connectivity index (χ2n) is 3.51. The minimum atomic E-state index is 0.271. The third-order valence-corrected chi connectivity index (χ3v) is 2.79. The van der Waals surface area contributed by atoms with Crippen LogP contribution in [-0.2, 0) is 4.79 Å². The van der Waals surface area contributed by atoms with Crippen molar-refractivity contribution in [3.8, 4) is 0 Å². The molecular weight excluding hydrogens is 148 g/mol. The van der Waals surface area contributed by atoms with E-state index in [0.717, 1.165) is 6.29 Å². The zero-order valence-corrected chi connectivity index (χ0v) is 7.10. The van der Waals surface area contributed by atoms with Gasteiger partial charge in [-0.1, -0.05) is 37.3 Å². The first-order chi connectivity index (χ1) is 5.84. The van der Waals surface area contributed by atoms with Crippen LogP contribution in [0, 0.1) is 11.8 Å². The largest absolute Gasteiger partial charge is 0.303 e. The highest BCUT2D eigenvalue weighted by Crippen LogP contribution is 2.52. The van der Waals surface area contributed by atoms with Gasteiger partial charge < -0.3 is 4.79 Å². The topological polar surface area (TPSA) is 17.1 Å². The molecule has 0 heterocycles. The van der Waals surface area contributed by atoms with E-state index in [4.69, 9.17) is 0 Å². The fraction of sp³-hybridized carbons (Fsp3) is 0.364. The van der Waals surface area contributed by atoms with Gasteiger partial charge in [0.05, 0.1) is 0 Å². The smallest absolute Gasteiger partial charge is 0.123 e. The standard InChI is InChI=1S/C11H12O/c1-8-10(7-12)11(8)9-5-3-2-4-6-9/h2-8,10-11H,1H3/t8-,10-,11-/m1/s1. The van der Waals surface area contributed by atoms with Crippen molar-refractivity contribution < 1.29 is 4.79 Å². The van der Waals surface area contributed by atoms with E-state index >= 15 is 0 Å². The summed E-state index contributed by atoms with van der Waals surface area (Å²) in [6.45, 7) is 2.14. The van der Waals surface area contributed by atoms with Crippen LogP contribution in [0.3, 0.4) is 0 Å². The van der Waals surface area contributed by atoms with Crippen molar-refractivity contribution in [1.82, 2.24) is 0 Å². The van der Waals surface area contributed by atoms with Crippen LogP contribution in [0.15, 0.2) is 30.3 Å². The highest BCUT2D eigenvalue weighted by molar-refractivity contribution is 5.62. The maximum Gasteiger partial charge on any atom is 0.123 e. The molecule has 0 aliphatic heterocycles. The Hall–Kier alpha value is -1.11. The van der Waals surface area contributed by atoms with Crippen molar-refractivity contribution in [3.63, 3.8) is 0 Å². The van der Waals surface area contributed by atoms with Gasteiger partial charge >= 0.3 is 0 Å². The summed E-state index contributed by atoms with van der Waals surface area (Å²) >= 11 is 0. The number of carbonyl (C=O) groups is 1. The zero-order chi connectivity index (χ0) is 8.55. The van der Waals surface area contributed by atoms with Gasteiger partial charge in [0, 0.05) is 5.92 Å². The molecule has 0 bridgehead atoms. The molecule has 0 saturated heterocycles. The molecule has 62 valence electrons. The van der Waals surface area contributed by atoms with Crippen molar-refractivity contribution in [2.45, 2.75) is 12.8 Å². The number of benzene rings is 1. The Bertz CT molecular complexity index is 278. The highest BCUT2D eigenvalue weighted by atomic mass is 16.1. The summed E-state index contributed by atoms with van der Waals surface area (Å²) in [5, 5.41) is 0. The minimum absolute atomic E-state index is 0.271. The van der Waals surface area contributed by atoms with Crippen LogP contribution in [0.5, 0.6) is 0 Å². The molecule has 0 unspecified atom stereocenters. The van der Waals surface area contributed by atoms with E-state index in [0.29, 0.717) is 11.8 Å². The molecule has 1 aliphatic carbocycles. The summed E-state index contributed by atoms with van der Waals surface area (Å²) in [6, 6.07) is 10.3. The van der Waals surface area contributed by atoms with Crippen molar-refractivity contribution in [2.24, 2.45) is 11.8 Å². The Morgan fingerprint density at radius 2 is 1.92 bits per heavy atom. The first kappa shape index (κ1) is 7.53. The lowest BCUT2D eigenvalue weighted by Crippen LogP contribution is -1.82. The van der Waals surface area contributed by atoms with Crippen molar-refractivity contribution >= 4 is 6.29 Å². The quantitative estimate of drug-likeness (QED) is 0.606. The molecule has 1 aliphatic rings. The molecule has 1 fully saturated rings. The van der Waals surface area contributed by atoms with Crippen LogP contribution < -0.4 is 0 Å². The number of hydrogen-bond donors (Lipinski definition) is 0. The molecule has 1 saturated carbocycles. The average molecular weight is 160 g/mol. The molecule has 1 heteroatoms. The lowest BCUT2D eigenvalue weighted by atomic mass is 10.1. The van der Waals surface area contributed by atoms with E-state index in [-0.39, 0.29) is 5.92 Å². The molecule has 0 spiro atoms.